The Labute approximate surface area is 291 Å². The van der Waals surface area contributed by atoms with E-state index in [2.05, 4.69) is 32.7 Å². The van der Waals surface area contributed by atoms with Gasteiger partial charge in [0.2, 0.25) is 0 Å². The molecule has 3 atom stereocenters. The Morgan fingerprint density at radius 1 is 0.865 bits per heavy atom. The maximum Gasteiger partial charge on any atom is 0.490 e. The molecule has 0 unspecified atom stereocenters. The molecule has 0 radical (unpaired) electrons. The molecule has 1 saturated carbocycles. The topological polar surface area (TPSA) is 150 Å². The van der Waals surface area contributed by atoms with Gasteiger partial charge in [-0.05, 0) is 79.8 Å². The number of anilines is 1. The van der Waals surface area contributed by atoms with Crippen LogP contribution in [0.15, 0.2) is 60.9 Å². The number of carboxylic acids is 2. The van der Waals surface area contributed by atoms with Gasteiger partial charge in [0.05, 0.1) is 14.2 Å². The van der Waals surface area contributed by atoms with Crippen molar-refractivity contribution in [2.75, 3.05) is 26.1 Å². The van der Waals surface area contributed by atoms with E-state index in [0.717, 1.165) is 50.9 Å². The molecule has 3 aromatic rings. The summed E-state index contributed by atoms with van der Waals surface area (Å²) in [5.41, 5.74) is 2.51. The van der Waals surface area contributed by atoms with E-state index in [1.807, 2.05) is 18.2 Å². The number of carbonyl (C=O) groups excluding carboxylic acids is 1. The number of aliphatic carboxylic acids is 2. The molecule has 284 valence electrons. The van der Waals surface area contributed by atoms with Crippen LogP contribution in [0.2, 0.25) is 0 Å². The van der Waals surface area contributed by atoms with Crippen LogP contribution in [0.1, 0.15) is 36.8 Å². The molecule has 1 aliphatic carbocycles. The fourth-order valence-electron chi connectivity index (χ4n) is 6.10. The molecule has 0 bridgehead atoms. The molecule has 1 aliphatic heterocycles. The summed E-state index contributed by atoms with van der Waals surface area (Å²) in [6.45, 7) is 1.71. The fourth-order valence-corrected chi connectivity index (χ4v) is 6.10. The van der Waals surface area contributed by atoms with Crippen molar-refractivity contribution in [2.24, 2.45) is 0 Å². The van der Waals surface area contributed by atoms with Crippen molar-refractivity contribution in [2.45, 2.75) is 62.1 Å². The van der Waals surface area contributed by atoms with Crippen LogP contribution in [-0.4, -0.2) is 83.3 Å². The molecule has 11 nitrogen and oxygen atoms in total. The zero-order chi connectivity index (χ0) is 38.9. The van der Waals surface area contributed by atoms with Gasteiger partial charge in [0.15, 0.2) is 23.1 Å². The highest BCUT2D eigenvalue weighted by Gasteiger charge is 2.51. The van der Waals surface area contributed by atoms with E-state index >= 15 is 0 Å². The van der Waals surface area contributed by atoms with Crippen molar-refractivity contribution in [1.29, 1.82) is 0 Å². The first-order valence-corrected chi connectivity index (χ1v) is 15.3. The number of pyridine rings is 1. The number of urea groups is 1. The van der Waals surface area contributed by atoms with E-state index in [-0.39, 0.29) is 23.2 Å². The number of carbonyl (C=O) groups is 3. The second-order valence-electron chi connectivity index (χ2n) is 11.6. The van der Waals surface area contributed by atoms with E-state index in [4.69, 9.17) is 29.3 Å². The van der Waals surface area contributed by atoms with Gasteiger partial charge in [0.1, 0.15) is 0 Å². The highest BCUT2D eigenvalue weighted by atomic mass is 19.4. The van der Waals surface area contributed by atoms with E-state index in [1.54, 1.807) is 26.6 Å². The molecule has 52 heavy (non-hydrogen) atoms. The van der Waals surface area contributed by atoms with Crippen molar-refractivity contribution < 1.29 is 69.2 Å². The van der Waals surface area contributed by atoms with Crippen molar-refractivity contribution in [1.82, 2.24) is 15.2 Å². The minimum Gasteiger partial charge on any atom is -0.493 e. The Morgan fingerprint density at radius 2 is 1.46 bits per heavy atom. The van der Waals surface area contributed by atoms with Crippen molar-refractivity contribution in [3.63, 3.8) is 0 Å². The Morgan fingerprint density at radius 3 is 2.00 bits per heavy atom. The lowest BCUT2D eigenvalue weighted by molar-refractivity contribution is -0.193. The van der Waals surface area contributed by atoms with Crippen LogP contribution in [-0.2, 0) is 21.5 Å². The van der Waals surface area contributed by atoms with Gasteiger partial charge < -0.3 is 30.3 Å². The molecule has 5 rings (SSSR count). The summed E-state index contributed by atoms with van der Waals surface area (Å²) in [6, 6.07) is 13.2. The van der Waals surface area contributed by atoms with E-state index in [1.165, 1.54) is 17.2 Å². The molecular formula is C33H34F8N4O7. The number of aromatic nitrogens is 1. The molecule has 2 aliphatic rings. The summed E-state index contributed by atoms with van der Waals surface area (Å²) in [7, 11) is 3.28. The van der Waals surface area contributed by atoms with Gasteiger partial charge in [0.25, 0.3) is 0 Å². The number of rotatable bonds is 7. The third-order valence-corrected chi connectivity index (χ3v) is 8.46. The largest absolute Gasteiger partial charge is 0.493 e. The molecule has 2 amide bonds. The van der Waals surface area contributed by atoms with Crippen molar-refractivity contribution in [3.8, 4) is 11.5 Å². The van der Waals surface area contributed by atoms with E-state index in [9.17, 15) is 39.9 Å². The average Bonchev–Trinajstić information content (AvgIpc) is 3.44. The summed E-state index contributed by atoms with van der Waals surface area (Å²) in [5, 5.41) is 19.9. The molecule has 19 heteroatoms. The number of likely N-dealkylation sites (tertiary alicyclic amines) is 1. The third kappa shape index (κ3) is 10.9. The first-order chi connectivity index (χ1) is 24.3. The van der Waals surface area contributed by atoms with Gasteiger partial charge in [-0.1, -0.05) is 6.07 Å². The zero-order valence-corrected chi connectivity index (χ0v) is 27.5. The van der Waals surface area contributed by atoms with Crippen LogP contribution < -0.4 is 20.1 Å². The number of ether oxygens (including phenoxy) is 2. The standard InChI is InChI=1S/C29H32F2N4O3.2C2HF3O2/c1-37-25-6-3-20(15-26(25)38-2)29-10-7-22(34-28(36)33-21-4-5-23(30)24(31)16-21)17-27(29)35(14-11-29)18-19-8-12-32-13-9-19;2*3-2(4,5)1(6)7/h3-6,8-9,12-13,15-16,22,27H,7,10-11,14,17-18H2,1-2H3,(H2,33,34,36);2*(H,6,7)/t22-,27+,29+;;/m1../s1. The predicted octanol–water partition coefficient (Wildman–Crippen LogP) is 6.53. The number of halogens is 8. The Kier molecular flexibility index (Phi) is 13.7. The molecular weight excluding hydrogens is 716 g/mol. The highest BCUT2D eigenvalue weighted by molar-refractivity contribution is 5.89. The van der Waals surface area contributed by atoms with Gasteiger partial charge in [-0.2, -0.15) is 26.3 Å². The van der Waals surface area contributed by atoms with E-state index < -0.39 is 42.0 Å². The normalized spacial score (nSPS) is 19.8. The lowest BCUT2D eigenvalue weighted by atomic mass is 9.65. The zero-order valence-electron chi connectivity index (χ0n) is 27.5. The highest BCUT2D eigenvalue weighted by Crippen LogP contribution is 2.50. The van der Waals surface area contributed by atoms with Crippen molar-refractivity contribution >= 4 is 23.7 Å². The van der Waals surface area contributed by atoms with Crippen LogP contribution in [0, 0.1) is 11.6 Å². The maximum absolute atomic E-state index is 13.6. The minimum absolute atomic E-state index is 0.0726. The van der Waals surface area contributed by atoms with Gasteiger partial charge in [-0.15, -0.1) is 0 Å². The number of nitrogens with zero attached hydrogens (tertiary/aromatic N) is 2. The molecule has 1 aromatic heterocycles. The molecule has 2 aromatic carbocycles. The summed E-state index contributed by atoms with van der Waals surface area (Å²) in [6.07, 6.45) is -3.13. The number of hydrogen-bond acceptors (Lipinski definition) is 7. The summed E-state index contributed by atoms with van der Waals surface area (Å²) in [4.78, 5) is 37.2. The van der Waals surface area contributed by atoms with Gasteiger partial charge in [-0.25, -0.2) is 23.2 Å². The number of benzene rings is 2. The van der Waals surface area contributed by atoms with E-state index in [0.29, 0.717) is 11.5 Å². The SMILES string of the molecule is COc1ccc([C@@]23CC[C@@H](NC(=O)Nc4ccc(F)c(F)c4)C[C@@H]2N(Cc2ccncc2)CC3)cc1OC.O=C(O)C(F)(F)F.O=C(O)C(F)(F)F. The number of amides is 2. The first-order valence-electron chi connectivity index (χ1n) is 15.3. The third-order valence-electron chi connectivity index (χ3n) is 8.46. The molecule has 1 saturated heterocycles. The number of hydrogen-bond donors (Lipinski definition) is 4. The van der Waals surface area contributed by atoms with Gasteiger partial charge in [-0.3, -0.25) is 9.88 Å². The molecule has 2 fully saturated rings. The summed E-state index contributed by atoms with van der Waals surface area (Å²) < 4.78 is 101. The number of alkyl halides is 6. The number of methoxy groups -OCH3 is 2. The van der Waals surface area contributed by atoms with Crippen molar-refractivity contribution in [3.05, 3.63) is 83.7 Å². The lowest BCUT2D eigenvalue weighted by Gasteiger charge is -2.45. The number of nitrogens with one attached hydrogen (secondary N) is 2. The summed E-state index contributed by atoms with van der Waals surface area (Å²) in [5.74, 6) is -6.07. The van der Waals surface area contributed by atoms with Crippen LogP contribution in [0.5, 0.6) is 11.5 Å². The monoisotopic (exact) mass is 750 g/mol. The maximum atomic E-state index is 13.6. The quantitative estimate of drug-likeness (QED) is 0.198. The second-order valence-corrected chi connectivity index (χ2v) is 11.6. The molecule has 2 heterocycles. The van der Waals surface area contributed by atoms with Crippen LogP contribution in [0.25, 0.3) is 0 Å². The van der Waals surface area contributed by atoms with Crippen LogP contribution >= 0.6 is 0 Å². The number of carboxylic acid groups (broad SMARTS) is 2. The smallest absolute Gasteiger partial charge is 0.490 e. The van der Waals surface area contributed by atoms with Crippen LogP contribution in [0.3, 0.4) is 0 Å². The van der Waals surface area contributed by atoms with Crippen LogP contribution in [0.4, 0.5) is 45.6 Å². The Balaban J connectivity index is 0.000000441. The molecule has 4 N–H and O–H groups in total. The molecule has 0 spiro atoms. The predicted molar refractivity (Wildman–Crippen MR) is 168 cm³/mol. The van der Waals surface area contributed by atoms with Gasteiger partial charge in [0, 0.05) is 48.2 Å². The average molecular weight is 751 g/mol. The Hall–Kier alpha value is -5.20. The minimum atomic E-state index is -5.08. The summed E-state index contributed by atoms with van der Waals surface area (Å²) >= 11 is 0. The first kappa shape index (κ1) is 41.2. The Bertz CT molecular complexity index is 1670. The number of fused-ring (bicyclic) bond motifs is 1. The second kappa shape index (κ2) is 17.3. The lowest BCUT2D eigenvalue weighted by Crippen LogP contribution is -2.52. The van der Waals surface area contributed by atoms with Gasteiger partial charge >= 0.3 is 30.3 Å². The fraction of sp³-hybridized carbons (Fsp3) is 0.394.